The summed E-state index contributed by atoms with van der Waals surface area (Å²) in [6.45, 7) is 7.41. The molecule has 202 valence electrons. The van der Waals surface area contributed by atoms with Crippen LogP contribution in [0.1, 0.15) is 38.3 Å². The summed E-state index contributed by atoms with van der Waals surface area (Å²) < 4.78 is 39.1. The number of nitrogens with zero attached hydrogens (tertiary/aromatic N) is 2. The van der Waals surface area contributed by atoms with Crippen molar-refractivity contribution in [2.45, 2.75) is 44.4 Å². The van der Waals surface area contributed by atoms with Gasteiger partial charge in [0.1, 0.15) is 18.0 Å². The number of ether oxygens (including phenoxy) is 2. The molecule has 0 aliphatic carbocycles. The molecule has 0 aliphatic rings. The predicted octanol–water partition coefficient (Wildman–Crippen LogP) is 5.07. The fourth-order valence-corrected chi connectivity index (χ4v) is 5.55. The Morgan fingerprint density at radius 3 is 2.24 bits per heavy atom. The molecule has 0 fully saturated rings. The van der Waals surface area contributed by atoms with Crippen LogP contribution in [0.3, 0.4) is 0 Å². The molecule has 1 N–H and O–H groups in total. The van der Waals surface area contributed by atoms with E-state index < -0.39 is 22.5 Å². The summed E-state index contributed by atoms with van der Waals surface area (Å²) in [5, 5.41) is 4.26. The summed E-state index contributed by atoms with van der Waals surface area (Å²) in [6, 6.07) is 21.2. The van der Waals surface area contributed by atoms with Crippen molar-refractivity contribution in [2.75, 3.05) is 25.1 Å². The van der Waals surface area contributed by atoms with E-state index in [1.807, 2.05) is 32.0 Å². The smallest absolute Gasteiger partial charge is 0.264 e. The maximum atomic E-state index is 13.7. The van der Waals surface area contributed by atoms with Crippen molar-refractivity contribution in [3.8, 4) is 11.5 Å². The molecule has 0 radical (unpaired) electrons. The van der Waals surface area contributed by atoms with Gasteiger partial charge in [-0.25, -0.2) is 13.8 Å². The lowest BCUT2D eigenvalue weighted by Crippen LogP contribution is -2.40. The van der Waals surface area contributed by atoms with Gasteiger partial charge in [-0.3, -0.25) is 9.10 Å². The molecule has 9 heteroatoms. The molecule has 0 unspecified atom stereocenters. The van der Waals surface area contributed by atoms with E-state index >= 15 is 0 Å². The lowest BCUT2D eigenvalue weighted by Gasteiger charge is -2.26. The average Bonchev–Trinajstić information content (AvgIpc) is 2.90. The van der Waals surface area contributed by atoms with Gasteiger partial charge in [0.25, 0.3) is 15.9 Å². The molecule has 0 saturated carbocycles. The summed E-state index contributed by atoms with van der Waals surface area (Å²) in [7, 11) is -1.19. The van der Waals surface area contributed by atoms with Crippen LogP contribution in [0.15, 0.2) is 82.8 Å². The van der Waals surface area contributed by atoms with Gasteiger partial charge in [-0.15, -0.1) is 0 Å². The van der Waals surface area contributed by atoms with Crippen LogP contribution in [0.25, 0.3) is 0 Å². The molecule has 0 saturated heterocycles. The Labute approximate surface area is 225 Å². The third-order valence-corrected chi connectivity index (χ3v) is 7.95. The number of hydrogen-bond donors (Lipinski definition) is 1. The van der Waals surface area contributed by atoms with Gasteiger partial charge in [0.2, 0.25) is 0 Å². The zero-order chi connectivity index (χ0) is 27.9. The van der Waals surface area contributed by atoms with Gasteiger partial charge in [0.05, 0.1) is 24.8 Å². The third-order valence-electron chi connectivity index (χ3n) is 6.18. The van der Waals surface area contributed by atoms with Gasteiger partial charge in [-0.2, -0.15) is 5.10 Å². The topological polar surface area (TPSA) is 97.3 Å². The maximum absolute atomic E-state index is 13.7. The fourth-order valence-electron chi connectivity index (χ4n) is 4.12. The molecule has 38 heavy (non-hydrogen) atoms. The second kappa shape index (κ2) is 12.1. The number of hydrogen-bond acceptors (Lipinski definition) is 6. The van der Waals surface area contributed by atoms with Crippen molar-refractivity contribution in [1.82, 2.24) is 5.43 Å². The summed E-state index contributed by atoms with van der Waals surface area (Å²) in [6.07, 6.45) is 0.606. The van der Waals surface area contributed by atoms with E-state index in [9.17, 15) is 13.2 Å². The number of aryl methyl sites for hydroxylation is 1. The van der Waals surface area contributed by atoms with Gasteiger partial charge in [0, 0.05) is 11.8 Å². The first-order valence-electron chi connectivity index (χ1n) is 12.2. The Hall–Kier alpha value is -3.85. The second-order valence-corrected chi connectivity index (χ2v) is 11.5. The van der Waals surface area contributed by atoms with Gasteiger partial charge < -0.3 is 9.47 Å². The largest absolute Gasteiger partial charge is 0.497 e. The highest BCUT2D eigenvalue weighted by molar-refractivity contribution is 7.92. The molecule has 0 bridgehead atoms. The highest BCUT2D eigenvalue weighted by atomic mass is 32.2. The minimum Gasteiger partial charge on any atom is -0.497 e. The lowest BCUT2D eigenvalue weighted by atomic mass is 9.80. The zero-order valence-electron chi connectivity index (χ0n) is 22.7. The average molecular weight is 538 g/mol. The Morgan fingerprint density at radius 1 is 0.974 bits per heavy atom. The van der Waals surface area contributed by atoms with Crippen molar-refractivity contribution >= 4 is 27.3 Å². The van der Waals surface area contributed by atoms with E-state index in [0.29, 0.717) is 17.9 Å². The van der Waals surface area contributed by atoms with Gasteiger partial charge in [0.15, 0.2) is 0 Å². The van der Waals surface area contributed by atoms with Crippen LogP contribution in [0.4, 0.5) is 5.69 Å². The van der Waals surface area contributed by atoms with Gasteiger partial charge in [-0.05, 0) is 55.5 Å². The van der Waals surface area contributed by atoms with Crippen molar-refractivity contribution in [3.63, 3.8) is 0 Å². The predicted molar refractivity (Wildman–Crippen MR) is 151 cm³/mol. The van der Waals surface area contributed by atoms with Crippen molar-refractivity contribution < 1.29 is 22.7 Å². The summed E-state index contributed by atoms with van der Waals surface area (Å²) >= 11 is 0. The number of carbonyl (C=O) groups is 1. The number of carbonyl (C=O) groups excluding carboxylic acids is 1. The SMILES string of the molecule is COc1ccc(N(CC(=O)N/N=C(\C)CC(C)(C)c2ccccc2)S(=O)(=O)c2ccc(C)cc2)c(OC)c1. The molecule has 0 aliphatic heterocycles. The van der Waals surface area contributed by atoms with Crippen LogP contribution >= 0.6 is 0 Å². The Morgan fingerprint density at radius 2 is 1.63 bits per heavy atom. The number of benzene rings is 3. The van der Waals surface area contributed by atoms with E-state index in [2.05, 4.69) is 36.5 Å². The fraction of sp³-hybridized carbons (Fsp3) is 0.310. The molecular formula is C29H35N3O5S. The first kappa shape index (κ1) is 28.7. The lowest BCUT2D eigenvalue weighted by molar-refractivity contribution is -0.119. The molecule has 3 rings (SSSR count). The molecule has 3 aromatic rings. The normalized spacial score (nSPS) is 12.1. The summed E-state index contributed by atoms with van der Waals surface area (Å²) in [4.78, 5) is 13.1. The number of methoxy groups -OCH3 is 2. The quantitative estimate of drug-likeness (QED) is 0.272. The van der Waals surface area contributed by atoms with Crippen LogP contribution in [0, 0.1) is 6.92 Å². The standard InChI is InChI=1S/C29H35N3O5S/c1-21-12-15-25(16-13-21)38(34,35)32(26-17-14-24(36-5)18-27(26)37-6)20-28(33)31-30-22(2)19-29(3,4)23-10-8-7-9-11-23/h7-18H,19-20H2,1-6H3,(H,31,33)/b30-22+. The van der Waals surface area contributed by atoms with Crippen LogP contribution in [-0.4, -0.2) is 40.8 Å². The summed E-state index contributed by atoms with van der Waals surface area (Å²) in [5.41, 5.74) is 5.31. The highest BCUT2D eigenvalue weighted by Crippen LogP contribution is 2.35. The maximum Gasteiger partial charge on any atom is 0.264 e. The highest BCUT2D eigenvalue weighted by Gasteiger charge is 2.30. The first-order valence-corrected chi connectivity index (χ1v) is 13.6. The van der Waals surface area contributed by atoms with E-state index in [1.54, 1.807) is 30.3 Å². The molecule has 0 heterocycles. The molecular weight excluding hydrogens is 502 g/mol. The zero-order valence-corrected chi connectivity index (χ0v) is 23.5. The number of anilines is 1. The van der Waals surface area contributed by atoms with Crippen LogP contribution in [0.2, 0.25) is 0 Å². The Balaban J connectivity index is 1.88. The number of nitrogens with one attached hydrogen (secondary N) is 1. The molecule has 1 amide bonds. The number of amides is 1. The Bertz CT molecular complexity index is 1390. The first-order chi connectivity index (χ1) is 18.0. The number of hydrazone groups is 1. The van der Waals surface area contributed by atoms with Crippen molar-refractivity contribution in [3.05, 3.63) is 83.9 Å². The van der Waals surface area contributed by atoms with E-state index in [4.69, 9.17) is 9.47 Å². The third kappa shape index (κ3) is 6.92. The van der Waals surface area contributed by atoms with Crippen molar-refractivity contribution in [1.29, 1.82) is 0 Å². The molecule has 8 nitrogen and oxygen atoms in total. The minimum absolute atomic E-state index is 0.0538. The monoisotopic (exact) mass is 537 g/mol. The number of rotatable bonds is 11. The number of sulfonamides is 1. The molecule has 0 atom stereocenters. The van der Waals surface area contributed by atoms with E-state index in [-0.39, 0.29) is 21.7 Å². The van der Waals surface area contributed by atoms with Crippen LogP contribution in [-0.2, 0) is 20.2 Å². The van der Waals surface area contributed by atoms with Crippen LogP contribution < -0.4 is 19.2 Å². The molecule has 0 aromatic heterocycles. The minimum atomic E-state index is -4.12. The Kier molecular flexibility index (Phi) is 9.17. The van der Waals surface area contributed by atoms with Gasteiger partial charge >= 0.3 is 0 Å². The summed E-state index contributed by atoms with van der Waals surface area (Å²) in [5.74, 6) is 0.150. The molecule has 3 aromatic carbocycles. The van der Waals surface area contributed by atoms with E-state index in [0.717, 1.165) is 15.4 Å². The second-order valence-electron chi connectivity index (χ2n) is 9.67. The van der Waals surface area contributed by atoms with Gasteiger partial charge in [-0.1, -0.05) is 61.9 Å². The van der Waals surface area contributed by atoms with Crippen molar-refractivity contribution in [2.24, 2.45) is 5.10 Å². The van der Waals surface area contributed by atoms with Crippen LogP contribution in [0.5, 0.6) is 11.5 Å². The molecule has 0 spiro atoms. The van der Waals surface area contributed by atoms with E-state index in [1.165, 1.54) is 26.4 Å².